The summed E-state index contributed by atoms with van der Waals surface area (Å²) >= 11 is 0. The van der Waals surface area contributed by atoms with Crippen LogP contribution in [0.25, 0.3) is 0 Å². The van der Waals surface area contributed by atoms with Gasteiger partial charge >= 0.3 is 5.97 Å². The Kier molecular flexibility index (Phi) is 3.67. The van der Waals surface area contributed by atoms with Gasteiger partial charge in [0.25, 0.3) is 5.91 Å². The number of methoxy groups -OCH3 is 1. The Hall–Kier alpha value is -2.62. The molecule has 2 aromatic rings. The predicted octanol–water partition coefficient (Wildman–Crippen LogP) is 3.12. The monoisotopic (exact) mass is 295 g/mol. The number of hydrogen-bond acceptors (Lipinski definition) is 3. The van der Waals surface area contributed by atoms with Crippen molar-refractivity contribution in [2.45, 2.75) is 19.4 Å². The molecule has 1 heterocycles. The lowest BCUT2D eigenvalue weighted by atomic mass is 10.0. The second-order valence-corrected chi connectivity index (χ2v) is 5.38. The summed E-state index contributed by atoms with van der Waals surface area (Å²) in [6.45, 7) is 2.39. The van der Waals surface area contributed by atoms with E-state index in [9.17, 15) is 9.59 Å². The zero-order chi connectivity index (χ0) is 15.7. The van der Waals surface area contributed by atoms with Gasteiger partial charge in [-0.1, -0.05) is 30.3 Å². The smallest absolute Gasteiger partial charge is 0.312 e. The number of anilines is 1. The first kappa shape index (κ1) is 14.3. The summed E-state index contributed by atoms with van der Waals surface area (Å²) in [5.74, 6) is -0.563. The van der Waals surface area contributed by atoms with Gasteiger partial charge in [0.2, 0.25) is 0 Å². The van der Waals surface area contributed by atoms with Gasteiger partial charge in [0.15, 0.2) is 0 Å². The first-order valence-electron chi connectivity index (χ1n) is 7.19. The molecule has 112 valence electrons. The summed E-state index contributed by atoms with van der Waals surface area (Å²) in [6.07, 6.45) is 0. The van der Waals surface area contributed by atoms with E-state index >= 15 is 0 Å². The van der Waals surface area contributed by atoms with Crippen LogP contribution in [0.2, 0.25) is 0 Å². The number of rotatable bonds is 3. The minimum absolute atomic E-state index is 0.0179. The lowest BCUT2D eigenvalue weighted by molar-refractivity contribution is -0.141. The molecular weight excluding hydrogens is 278 g/mol. The van der Waals surface area contributed by atoms with E-state index in [-0.39, 0.29) is 17.8 Å². The van der Waals surface area contributed by atoms with E-state index in [0.29, 0.717) is 6.54 Å². The molecule has 0 aliphatic carbocycles. The largest absolute Gasteiger partial charge is 0.469 e. The van der Waals surface area contributed by atoms with Gasteiger partial charge in [-0.05, 0) is 36.2 Å². The molecule has 1 atom stereocenters. The van der Waals surface area contributed by atoms with Gasteiger partial charge in [0, 0.05) is 11.3 Å². The van der Waals surface area contributed by atoms with Gasteiger partial charge < -0.3 is 9.64 Å². The topological polar surface area (TPSA) is 46.6 Å². The van der Waals surface area contributed by atoms with E-state index in [1.54, 1.807) is 11.8 Å². The molecule has 0 aromatic heterocycles. The van der Waals surface area contributed by atoms with Gasteiger partial charge in [-0.2, -0.15) is 0 Å². The van der Waals surface area contributed by atoms with Crippen LogP contribution in [0.4, 0.5) is 5.69 Å². The minimum atomic E-state index is -0.314. The summed E-state index contributed by atoms with van der Waals surface area (Å²) in [5, 5.41) is 0. The van der Waals surface area contributed by atoms with E-state index in [1.165, 1.54) is 7.11 Å². The van der Waals surface area contributed by atoms with Crippen molar-refractivity contribution in [1.82, 2.24) is 0 Å². The number of hydrogen-bond donors (Lipinski definition) is 0. The number of nitrogens with zero attached hydrogens (tertiary/aromatic N) is 1. The van der Waals surface area contributed by atoms with Crippen LogP contribution in [0.1, 0.15) is 34.3 Å². The van der Waals surface area contributed by atoms with E-state index in [0.717, 1.165) is 22.4 Å². The van der Waals surface area contributed by atoms with Gasteiger partial charge in [-0.15, -0.1) is 0 Å². The fraction of sp³-hybridized carbons (Fsp3) is 0.222. The summed E-state index contributed by atoms with van der Waals surface area (Å²) in [7, 11) is 1.38. The van der Waals surface area contributed by atoms with Crippen molar-refractivity contribution in [1.29, 1.82) is 0 Å². The van der Waals surface area contributed by atoms with Gasteiger partial charge in [0.1, 0.15) is 0 Å². The molecule has 1 aliphatic heterocycles. The third kappa shape index (κ3) is 2.37. The maximum Gasteiger partial charge on any atom is 0.312 e. The van der Waals surface area contributed by atoms with Crippen molar-refractivity contribution in [3.8, 4) is 0 Å². The third-order valence-electron chi connectivity index (χ3n) is 4.08. The van der Waals surface area contributed by atoms with Crippen molar-refractivity contribution < 1.29 is 14.3 Å². The Labute approximate surface area is 129 Å². The highest BCUT2D eigenvalue weighted by Crippen LogP contribution is 2.29. The van der Waals surface area contributed by atoms with Crippen LogP contribution in [0.15, 0.2) is 48.5 Å². The van der Waals surface area contributed by atoms with E-state index in [2.05, 4.69) is 0 Å². The van der Waals surface area contributed by atoms with Crippen LogP contribution < -0.4 is 4.90 Å². The lowest BCUT2D eigenvalue weighted by Crippen LogP contribution is -2.23. The molecule has 0 fully saturated rings. The second-order valence-electron chi connectivity index (χ2n) is 5.38. The van der Waals surface area contributed by atoms with Gasteiger partial charge in [-0.3, -0.25) is 9.59 Å². The molecule has 1 aliphatic rings. The summed E-state index contributed by atoms with van der Waals surface area (Å²) < 4.78 is 4.75. The van der Waals surface area contributed by atoms with E-state index in [4.69, 9.17) is 4.74 Å². The maximum absolute atomic E-state index is 12.4. The molecule has 0 N–H and O–H groups in total. The van der Waals surface area contributed by atoms with Crippen molar-refractivity contribution in [2.75, 3.05) is 12.0 Å². The zero-order valence-electron chi connectivity index (χ0n) is 12.6. The SMILES string of the molecule is COC(=O)C(C)c1ccc(N2Cc3ccccc3C2=O)cc1. The van der Waals surface area contributed by atoms with Crippen molar-refractivity contribution in [2.24, 2.45) is 0 Å². The first-order chi connectivity index (χ1) is 10.6. The zero-order valence-corrected chi connectivity index (χ0v) is 12.6. The average molecular weight is 295 g/mol. The minimum Gasteiger partial charge on any atom is -0.469 e. The fourth-order valence-electron chi connectivity index (χ4n) is 2.72. The van der Waals surface area contributed by atoms with Crippen LogP contribution in [0, 0.1) is 0 Å². The molecule has 0 spiro atoms. The number of fused-ring (bicyclic) bond motifs is 1. The first-order valence-corrected chi connectivity index (χ1v) is 7.19. The van der Waals surface area contributed by atoms with Crippen LogP contribution >= 0.6 is 0 Å². The number of ether oxygens (including phenoxy) is 1. The number of benzene rings is 2. The van der Waals surface area contributed by atoms with E-state index in [1.807, 2.05) is 48.5 Å². The predicted molar refractivity (Wildman–Crippen MR) is 83.8 cm³/mol. The molecular formula is C18H17NO3. The van der Waals surface area contributed by atoms with Crippen molar-refractivity contribution in [3.05, 3.63) is 65.2 Å². The highest BCUT2D eigenvalue weighted by Gasteiger charge is 2.28. The van der Waals surface area contributed by atoms with Crippen LogP contribution in [0.5, 0.6) is 0 Å². The molecule has 4 nitrogen and oxygen atoms in total. The molecule has 1 amide bonds. The van der Waals surface area contributed by atoms with E-state index < -0.39 is 0 Å². The Morgan fingerprint density at radius 3 is 2.45 bits per heavy atom. The Morgan fingerprint density at radius 1 is 1.14 bits per heavy atom. The standard InChI is InChI=1S/C18H17NO3/c1-12(18(21)22-2)13-7-9-15(10-8-13)19-11-14-5-3-4-6-16(14)17(19)20/h3-10,12H,11H2,1-2H3. The molecule has 22 heavy (non-hydrogen) atoms. The molecule has 0 bridgehead atoms. The summed E-state index contributed by atoms with van der Waals surface area (Å²) in [6, 6.07) is 15.1. The lowest BCUT2D eigenvalue weighted by Gasteiger charge is -2.17. The highest BCUT2D eigenvalue weighted by atomic mass is 16.5. The van der Waals surface area contributed by atoms with Crippen molar-refractivity contribution >= 4 is 17.6 Å². The third-order valence-corrected chi connectivity index (χ3v) is 4.08. The van der Waals surface area contributed by atoms with Gasteiger partial charge in [0.05, 0.1) is 19.6 Å². The van der Waals surface area contributed by atoms with Crippen LogP contribution in [-0.2, 0) is 16.1 Å². The molecule has 0 radical (unpaired) electrons. The number of carbonyl (C=O) groups excluding carboxylic acids is 2. The molecule has 4 heteroatoms. The Bertz CT molecular complexity index is 721. The number of amides is 1. The molecule has 2 aromatic carbocycles. The summed E-state index contributed by atoms with van der Waals surface area (Å²) in [4.78, 5) is 25.7. The molecule has 3 rings (SSSR count). The summed E-state index contributed by atoms with van der Waals surface area (Å²) in [5.41, 5.74) is 3.51. The highest BCUT2D eigenvalue weighted by molar-refractivity contribution is 6.09. The molecule has 0 saturated heterocycles. The van der Waals surface area contributed by atoms with Crippen LogP contribution in [-0.4, -0.2) is 19.0 Å². The molecule has 1 unspecified atom stereocenters. The Morgan fingerprint density at radius 2 is 1.82 bits per heavy atom. The fourth-order valence-corrected chi connectivity index (χ4v) is 2.72. The van der Waals surface area contributed by atoms with Crippen LogP contribution in [0.3, 0.4) is 0 Å². The Balaban J connectivity index is 1.83. The quantitative estimate of drug-likeness (QED) is 0.817. The number of carbonyl (C=O) groups is 2. The molecule has 0 saturated carbocycles. The van der Waals surface area contributed by atoms with Gasteiger partial charge in [-0.25, -0.2) is 0 Å². The normalized spacial score (nSPS) is 14.6. The average Bonchev–Trinajstić information content (AvgIpc) is 2.91. The maximum atomic E-state index is 12.4. The number of esters is 1. The second kappa shape index (κ2) is 5.64. The van der Waals surface area contributed by atoms with Crippen molar-refractivity contribution in [3.63, 3.8) is 0 Å².